The van der Waals surface area contributed by atoms with Crippen molar-refractivity contribution in [3.8, 4) is 5.75 Å². The van der Waals surface area contributed by atoms with Crippen molar-refractivity contribution >= 4 is 23.2 Å². The van der Waals surface area contributed by atoms with Crippen LogP contribution < -0.4 is 15.4 Å². The Labute approximate surface area is 204 Å². The van der Waals surface area contributed by atoms with Crippen LogP contribution in [0.15, 0.2) is 79.3 Å². The van der Waals surface area contributed by atoms with E-state index in [1.807, 2.05) is 85.1 Å². The lowest BCUT2D eigenvalue weighted by molar-refractivity contribution is -0.115. The Morgan fingerprint density at radius 1 is 0.914 bits per heavy atom. The van der Waals surface area contributed by atoms with Crippen LogP contribution in [0.25, 0.3) is 0 Å². The Kier molecular flexibility index (Phi) is 7.26. The normalized spacial score (nSPS) is 10.6. The van der Waals surface area contributed by atoms with Crippen molar-refractivity contribution in [3.63, 3.8) is 0 Å². The van der Waals surface area contributed by atoms with Crippen LogP contribution in [0.2, 0.25) is 0 Å². The van der Waals surface area contributed by atoms with Gasteiger partial charge in [-0.15, -0.1) is 0 Å². The van der Waals surface area contributed by atoms with Gasteiger partial charge >= 0.3 is 0 Å². The SMILES string of the molecule is COc1ccc(CC(=O)Nc2ccc(Cn3cnc(C(=O)Nc4ccc(C)cc4C)c3)cc2)cc1. The number of benzene rings is 3. The molecule has 0 radical (unpaired) electrons. The largest absolute Gasteiger partial charge is 0.497 e. The molecule has 0 aliphatic carbocycles. The number of ether oxygens (including phenoxy) is 1. The topological polar surface area (TPSA) is 85.2 Å². The molecule has 4 rings (SSSR count). The minimum Gasteiger partial charge on any atom is -0.497 e. The van der Waals surface area contributed by atoms with Crippen molar-refractivity contribution in [1.82, 2.24) is 9.55 Å². The first-order chi connectivity index (χ1) is 16.9. The summed E-state index contributed by atoms with van der Waals surface area (Å²) < 4.78 is 7.00. The lowest BCUT2D eigenvalue weighted by Crippen LogP contribution is -2.14. The predicted molar refractivity (Wildman–Crippen MR) is 137 cm³/mol. The summed E-state index contributed by atoms with van der Waals surface area (Å²) in [5.74, 6) is 0.430. The molecule has 2 amide bonds. The second-order valence-electron chi connectivity index (χ2n) is 8.47. The number of nitrogens with zero attached hydrogens (tertiary/aromatic N) is 2. The number of imidazole rings is 1. The molecular weight excluding hydrogens is 440 g/mol. The van der Waals surface area contributed by atoms with Crippen LogP contribution in [0.5, 0.6) is 5.75 Å². The molecule has 3 aromatic carbocycles. The smallest absolute Gasteiger partial charge is 0.275 e. The summed E-state index contributed by atoms with van der Waals surface area (Å²) >= 11 is 0. The number of aryl methyl sites for hydroxylation is 2. The molecule has 0 aliphatic heterocycles. The number of aromatic nitrogens is 2. The maximum atomic E-state index is 12.6. The molecule has 7 nitrogen and oxygen atoms in total. The molecule has 0 aliphatic rings. The number of carbonyl (C=O) groups is 2. The lowest BCUT2D eigenvalue weighted by Gasteiger charge is -2.08. The summed E-state index contributed by atoms with van der Waals surface area (Å²) in [5.41, 5.74) is 5.95. The Bertz CT molecular complexity index is 1330. The molecular formula is C28H28N4O3. The highest BCUT2D eigenvalue weighted by Crippen LogP contribution is 2.18. The quantitative estimate of drug-likeness (QED) is 0.382. The summed E-state index contributed by atoms with van der Waals surface area (Å²) in [4.78, 5) is 29.2. The number of carbonyl (C=O) groups excluding carboxylic acids is 2. The summed E-state index contributed by atoms with van der Waals surface area (Å²) in [6, 6.07) is 20.9. The van der Waals surface area contributed by atoms with Gasteiger partial charge in [-0.3, -0.25) is 9.59 Å². The molecule has 0 spiro atoms. The number of nitrogens with one attached hydrogen (secondary N) is 2. The number of hydrogen-bond donors (Lipinski definition) is 2. The van der Waals surface area contributed by atoms with Gasteiger partial charge in [0.2, 0.25) is 5.91 Å². The van der Waals surface area contributed by atoms with Crippen molar-refractivity contribution in [2.24, 2.45) is 0 Å². The molecule has 0 atom stereocenters. The van der Waals surface area contributed by atoms with Crippen LogP contribution in [-0.4, -0.2) is 28.5 Å². The van der Waals surface area contributed by atoms with Crippen LogP contribution in [0, 0.1) is 13.8 Å². The molecule has 0 unspecified atom stereocenters. The van der Waals surface area contributed by atoms with Gasteiger partial charge in [-0.25, -0.2) is 4.98 Å². The van der Waals surface area contributed by atoms with E-state index in [0.717, 1.165) is 39.4 Å². The van der Waals surface area contributed by atoms with Crippen molar-refractivity contribution < 1.29 is 14.3 Å². The Morgan fingerprint density at radius 3 is 2.31 bits per heavy atom. The maximum Gasteiger partial charge on any atom is 0.275 e. The zero-order chi connectivity index (χ0) is 24.8. The maximum absolute atomic E-state index is 12.6. The zero-order valence-corrected chi connectivity index (χ0v) is 20.0. The fourth-order valence-corrected chi connectivity index (χ4v) is 3.74. The van der Waals surface area contributed by atoms with E-state index in [-0.39, 0.29) is 18.2 Å². The van der Waals surface area contributed by atoms with Gasteiger partial charge in [-0.05, 0) is 60.9 Å². The van der Waals surface area contributed by atoms with Gasteiger partial charge in [-0.2, -0.15) is 0 Å². The van der Waals surface area contributed by atoms with E-state index in [2.05, 4.69) is 15.6 Å². The summed E-state index contributed by atoms with van der Waals surface area (Å²) in [5, 5.41) is 5.84. The highest BCUT2D eigenvalue weighted by molar-refractivity contribution is 6.03. The molecule has 178 valence electrons. The molecule has 1 heterocycles. The summed E-state index contributed by atoms with van der Waals surface area (Å²) in [7, 11) is 1.61. The third-order valence-electron chi connectivity index (χ3n) is 5.62. The molecule has 0 saturated heterocycles. The molecule has 0 fully saturated rings. The molecule has 4 aromatic rings. The highest BCUT2D eigenvalue weighted by atomic mass is 16.5. The van der Waals surface area contributed by atoms with E-state index in [0.29, 0.717) is 12.2 Å². The zero-order valence-electron chi connectivity index (χ0n) is 20.0. The van der Waals surface area contributed by atoms with Crippen LogP contribution in [-0.2, 0) is 17.8 Å². The highest BCUT2D eigenvalue weighted by Gasteiger charge is 2.11. The Hall–Kier alpha value is -4.39. The molecule has 0 bridgehead atoms. The fourth-order valence-electron chi connectivity index (χ4n) is 3.74. The Balaban J connectivity index is 1.31. The fraction of sp³-hybridized carbons (Fsp3) is 0.179. The Morgan fingerprint density at radius 2 is 1.63 bits per heavy atom. The summed E-state index contributed by atoms with van der Waals surface area (Å²) in [6.07, 6.45) is 3.65. The van der Waals surface area contributed by atoms with Gasteiger partial charge in [0.1, 0.15) is 11.4 Å². The molecule has 2 N–H and O–H groups in total. The first-order valence-corrected chi connectivity index (χ1v) is 11.3. The van der Waals surface area contributed by atoms with Crippen molar-refractivity contribution in [3.05, 3.63) is 107 Å². The second-order valence-corrected chi connectivity index (χ2v) is 8.47. The minimum atomic E-state index is -0.245. The van der Waals surface area contributed by atoms with Gasteiger partial charge in [0.05, 0.1) is 19.9 Å². The van der Waals surface area contributed by atoms with Crippen LogP contribution in [0.4, 0.5) is 11.4 Å². The minimum absolute atomic E-state index is 0.0861. The van der Waals surface area contributed by atoms with E-state index in [9.17, 15) is 9.59 Å². The summed E-state index contributed by atoms with van der Waals surface area (Å²) in [6.45, 7) is 4.54. The number of rotatable bonds is 8. The van der Waals surface area contributed by atoms with Crippen LogP contribution >= 0.6 is 0 Å². The van der Waals surface area contributed by atoms with Gasteiger partial charge in [0.15, 0.2) is 0 Å². The standard InChI is InChI=1S/C28H28N4O3/c1-19-4-13-25(20(2)14-19)31-28(34)26-17-32(18-29-26)16-22-5-9-23(10-6-22)30-27(33)15-21-7-11-24(35-3)12-8-21/h4-14,17-18H,15-16H2,1-3H3,(H,30,33)(H,31,34). The van der Waals surface area contributed by atoms with E-state index < -0.39 is 0 Å². The van der Waals surface area contributed by atoms with Gasteiger partial charge in [0, 0.05) is 24.1 Å². The third kappa shape index (κ3) is 6.35. The molecule has 1 aromatic heterocycles. The van der Waals surface area contributed by atoms with Crippen molar-refractivity contribution in [2.75, 3.05) is 17.7 Å². The third-order valence-corrected chi connectivity index (χ3v) is 5.62. The van der Waals surface area contributed by atoms with Crippen molar-refractivity contribution in [2.45, 2.75) is 26.8 Å². The lowest BCUT2D eigenvalue weighted by atomic mass is 10.1. The first kappa shape index (κ1) is 23.8. The monoisotopic (exact) mass is 468 g/mol. The van der Waals surface area contributed by atoms with Crippen molar-refractivity contribution in [1.29, 1.82) is 0 Å². The van der Waals surface area contributed by atoms with E-state index in [1.54, 1.807) is 19.6 Å². The molecule has 0 saturated carbocycles. The van der Waals surface area contributed by atoms with Gasteiger partial charge in [0.25, 0.3) is 5.91 Å². The number of methoxy groups -OCH3 is 1. The van der Waals surface area contributed by atoms with Crippen LogP contribution in [0.3, 0.4) is 0 Å². The van der Waals surface area contributed by atoms with E-state index in [1.165, 1.54) is 0 Å². The number of amides is 2. The number of anilines is 2. The first-order valence-electron chi connectivity index (χ1n) is 11.3. The molecule has 35 heavy (non-hydrogen) atoms. The number of hydrogen-bond acceptors (Lipinski definition) is 4. The average molecular weight is 469 g/mol. The van der Waals surface area contributed by atoms with E-state index >= 15 is 0 Å². The van der Waals surface area contributed by atoms with Gasteiger partial charge < -0.3 is 19.9 Å². The second kappa shape index (κ2) is 10.7. The van der Waals surface area contributed by atoms with E-state index in [4.69, 9.17) is 4.74 Å². The predicted octanol–water partition coefficient (Wildman–Crippen LogP) is 4.99. The van der Waals surface area contributed by atoms with Gasteiger partial charge in [-0.1, -0.05) is 42.0 Å². The average Bonchev–Trinajstić information content (AvgIpc) is 3.31. The molecule has 7 heteroatoms. The van der Waals surface area contributed by atoms with Crippen LogP contribution in [0.1, 0.15) is 32.7 Å².